The summed E-state index contributed by atoms with van der Waals surface area (Å²) in [6, 6.07) is 3.81. The van der Waals surface area contributed by atoms with Crippen LogP contribution in [-0.2, 0) is 4.79 Å². The maximum absolute atomic E-state index is 10.5. The molecule has 1 rings (SSSR count). The summed E-state index contributed by atoms with van der Waals surface area (Å²) in [7, 11) is 0. The van der Waals surface area contributed by atoms with E-state index in [4.69, 9.17) is 0 Å². The normalized spacial score (nSPS) is 9.00. The predicted octanol–water partition coefficient (Wildman–Crippen LogP) is 0.788. The number of phenolic OH excluding ortho intramolecular Hbond substituents is 1. The second-order valence-corrected chi connectivity index (χ2v) is 3.17. The van der Waals surface area contributed by atoms with E-state index in [2.05, 4.69) is 17.2 Å². The van der Waals surface area contributed by atoms with E-state index in [1.807, 2.05) is 0 Å². The average molecular weight is 234 g/mol. The van der Waals surface area contributed by atoms with Gasteiger partial charge >= 0.3 is 5.69 Å². The first-order valence-electron chi connectivity index (χ1n) is 4.71. The van der Waals surface area contributed by atoms with Crippen molar-refractivity contribution in [2.24, 2.45) is 0 Å². The number of hydrogen-bond acceptors (Lipinski definition) is 4. The molecule has 0 saturated carbocycles. The van der Waals surface area contributed by atoms with Crippen molar-refractivity contribution in [2.75, 3.05) is 6.54 Å². The third-order valence-corrected chi connectivity index (χ3v) is 1.83. The SMILES string of the molecule is CC(=O)NCC#Cc1ccc([N+](=O)[O-])c(O)c1. The van der Waals surface area contributed by atoms with Crippen LogP contribution in [0.4, 0.5) is 5.69 Å². The summed E-state index contributed by atoms with van der Waals surface area (Å²) in [5, 5.41) is 22.2. The molecule has 1 aromatic carbocycles. The fourth-order valence-electron chi connectivity index (χ4n) is 1.07. The minimum atomic E-state index is -0.677. The highest BCUT2D eigenvalue weighted by Crippen LogP contribution is 2.25. The zero-order chi connectivity index (χ0) is 12.8. The Labute approximate surface area is 97.4 Å². The highest BCUT2D eigenvalue weighted by atomic mass is 16.6. The van der Waals surface area contributed by atoms with Gasteiger partial charge in [0.2, 0.25) is 5.91 Å². The van der Waals surface area contributed by atoms with Gasteiger partial charge in [-0.15, -0.1) is 0 Å². The summed E-state index contributed by atoms with van der Waals surface area (Å²) in [6.07, 6.45) is 0. The van der Waals surface area contributed by atoms with Crippen molar-refractivity contribution in [1.82, 2.24) is 5.32 Å². The summed E-state index contributed by atoms with van der Waals surface area (Å²) in [5.41, 5.74) is 0.0795. The van der Waals surface area contributed by atoms with E-state index in [1.54, 1.807) is 0 Å². The van der Waals surface area contributed by atoms with Gasteiger partial charge in [0, 0.05) is 24.6 Å². The van der Waals surface area contributed by atoms with Crippen LogP contribution in [0.25, 0.3) is 0 Å². The predicted molar refractivity (Wildman–Crippen MR) is 60.3 cm³/mol. The molecule has 0 unspecified atom stereocenters. The van der Waals surface area contributed by atoms with Gasteiger partial charge in [0.15, 0.2) is 5.75 Å². The molecule has 0 fully saturated rings. The van der Waals surface area contributed by atoms with E-state index in [0.29, 0.717) is 5.56 Å². The molecule has 0 heterocycles. The first-order valence-corrected chi connectivity index (χ1v) is 4.71. The van der Waals surface area contributed by atoms with Crippen LogP contribution in [0, 0.1) is 22.0 Å². The van der Waals surface area contributed by atoms with E-state index < -0.39 is 10.7 Å². The Morgan fingerprint density at radius 1 is 1.59 bits per heavy atom. The second-order valence-electron chi connectivity index (χ2n) is 3.17. The smallest absolute Gasteiger partial charge is 0.310 e. The standard InChI is InChI=1S/C11H10N2O4/c1-8(14)12-6-2-3-9-4-5-10(13(16)17)11(15)7-9/h4-5,7,15H,6H2,1H3,(H,12,14). The average Bonchev–Trinajstić information content (AvgIpc) is 2.23. The summed E-state index contributed by atoms with van der Waals surface area (Å²) in [4.78, 5) is 20.3. The molecule has 0 atom stereocenters. The number of phenols is 1. The quantitative estimate of drug-likeness (QED) is 0.449. The molecule has 0 spiro atoms. The van der Waals surface area contributed by atoms with Crippen LogP contribution >= 0.6 is 0 Å². The van der Waals surface area contributed by atoms with Crippen molar-refractivity contribution in [3.05, 3.63) is 33.9 Å². The van der Waals surface area contributed by atoms with Gasteiger partial charge in [0.05, 0.1) is 11.5 Å². The number of carbonyl (C=O) groups is 1. The molecule has 88 valence electrons. The molecule has 1 amide bonds. The Bertz CT molecular complexity index is 514. The summed E-state index contributed by atoms with van der Waals surface area (Å²) >= 11 is 0. The topological polar surface area (TPSA) is 92.5 Å². The van der Waals surface area contributed by atoms with Crippen molar-refractivity contribution in [1.29, 1.82) is 0 Å². The second kappa shape index (κ2) is 5.51. The van der Waals surface area contributed by atoms with Crippen LogP contribution in [0.1, 0.15) is 12.5 Å². The van der Waals surface area contributed by atoms with E-state index in [-0.39, 0.29) is 18.1 Å². The molecule has 1 aromatic rings. The van der Waals surface area contributed by atoms with Crippen LogP contribution in [0.5, 0.6) is 5.75 Å². The van der Waals surface area contributed by atoms with Crippen LogP contribution in [0.2, 0.25) is 0 Å². The van der Waals surface area contributed by atoms with Gasteiger partial charge in [-0.2, -0.15) is 0 Å². The fraction of sp³-hybridized carbons (Fsp3) is 0.182. The fourth-order valence-corrected chi connectivity index (χ4v) is 1.07. The maximum atomic E-state index is 10.5. The number of rotatable bonds is 2. The van der Waals surface area contributed by atoms with Crippen LogP contribution < -0.4 is 5.32 Å². The molecule has 17 heavy (non-hydrogen) atoms. The number of nitrogens with one attached hydrogen (secondary N) is 1. The lowest BCUT2D eigenvalue weighted by atomic mass is 10.2. The minimum Gasteiger partial charge on any atom is -0.502 e. The third kappa shape index (κ3) is 3.83. The highest BCUT2D eigenvalue weighted by Gasteiger charge is 2.11. The van der Waals surface area contributed by atoms with Crippen molar-refractivity contribution in [3.8, 4) is 17.6 Å². The summed E-state index contributed by atoms with van der Waals surface area (Å²) in [5.74, 6) is 4.69. The lowest BCUT2D eigenvalue weighted by Gasteiger charge is -1.96. The largest absolute Gasteiger partial charge is 0.502 e. The Morgan fingerprint density at radius 2 is 2.29 bits per heavy atom. The number of aromatic hydroxyl groups is 1. The van der Waals surface area contributed by atoms with E-state index >= 15 is 0 Å². The van der Waals surface area contributed by atoms with Crippen LogP contribution in [-0.4, -0.2) is 22.5 Å². The molecule has 0 aromatic heterocycles. The van der Waals surface area contributed by atoms with Gasteiger partial charge in [0.25, 0.3) is 0 Å². The van der Waals surface area contributed by atoms with Gasteiger partial charge in [-0.25, -0.2) is 0 Å². The van der Waals surface area contributed by atoms with E-state index in [1.165, 1.54) is 25.1 Å². The Hall–Kier alpha value is -2.55. The zero-order valence-corrected chi connectivity index (χ0v) is 9.06. The zero-order valence-electron chi connectivity index (χ0n) is 9.06. The monoisotopic (exact) mass is 234 g/mol. The van der Waals surface area contributed by atoms with Crippen molar-refractivity contribution >= 4 is 11.6 Å². The Kier molecular flexibility index (Phi) is 4.06. The molecule has 6 nitrogen and oxygen atoms in total. The van der Waals surface area contributed by atoms with Gasteiger partial charge in [-0.05, 0) is 6.07 Å². The minimum absolute atomic E-state index is 0.188. The number of benzene rings is 1. The summed E-state index contributed by atoms with van der Waals surface area (Å²) in [6.45, 7) is 1.56. The molecular formula is C11H10N2O4. The molecule has 0 bridgehead atoms. The van der Waals surface area contributed by atoms with E-state index in [0.717, 1.165) is 0 Å². The molecule has 0 radical (unpaired) electrons. The van der Waals surface area contributed by atoms with Crippen molar-refractivity contribution < 1.29 is 14.8 Å². The first kappa shape index (κ1) is 12.5. The first-order chi connectivity index (χ1) is 8.00. The molecule has 0 aliphatic rings. The number of carbonyl (C=O) groups excluding carboxylic acids is 1. The molecule has 0 aliphatic carbocycles. The molecular weight excluding hydrogens is 224 g/mol. The van der Waals surface area contributed by atoms with Crippen molar-refractivity contribution in [2.45, 2.75) is 6.92 Å². The molecule has 2 N–H and O–H groups in total. The molecule has 0 aliphatic heterocycles. The van der Waals surface area contributed by atoms with Crippen molar-refractivity contribution in [3.63, 3.8) is 0 Å². The lowest BCUT2D eigenvalue weighted by molar-refractivity contribution is -0.385. The summed E-state index contributed by atoms with van der Waals surface area (Å²) < 4.78 is 0. The van der Waals surface area contributed by atoms with Gasteiger partial charge in [-0.1, -0.05) is 11.8 Å². The third-order valence-electron chi connectivity index (χ3n) is 1.83. The number of nitro benzene ring substituents is 1. The number of hydrogen-bond donors (Lipinski definition) is 2. The lowest BCUT2D eigenvalue weighted by Crippen LogP contribution is -2.19. The van der Waals surface area contributed by atoms with Gasteiger partial charge < -0.3 is 10.4 Å². The number of nitrogens with zero attached hydrogens (tertiary/aromatic N) is 1. The number of amides is 1. The van der Waals surface area contributed by atoms with Crippen LogP contribution in [0.15, 0.2) is 18.2 Å². The van der Waals surface area contributed by atoms with Crippen LogP contribution in [0.3, 0.4) is 0 Å². The maximum Gasteiger partial charge on any atom is 0.310 e. The Morgan fingerprint density at radius 3 is 2.82 bits per heavy atom. The Balaban J connectivity index is 2.77. The van der Waals surface area contributed by atoms with E-state index in [9.17, 15) is 20.0 Å². The van der Waals surface area contributed by atoms with Gasteiger partial charge in [0.1, 0.15) is 0 Å². The van der Waals surface area contributed by atoms with Gasteiger partial charge in [-0.3, -0.25) is 14.9 Å². The molecule has 0 saturated heterocycles. The molecule has 6 heteroatoms. The number of nitro groups is 1. The highest BCUT2D eigenvalue weighted by molar-refractivity contribution is 5.73.